The standard InChI is InChI=1S/C42H51N5O5/c1-26-37(24-46-15-13-34(14-16-46)47-36-8-3-2-7-35(36)44-41(47)50)51-39(52-38(26)31-11-9-27(25-48)10-12-31)32-5-4-6-33(20-32)43-40(49)45-42-21-28-17-29(22-42)19-30(18-28)23-42/h2-12,20,26,28-30,34,37-39,48H,13-19,21-25H2,1H3,(H,44,50)(H2,43,45,49)/t26-,28?,29?,30?,37+,38+,39+,42?/m0/s1. The van der Waals surface area contributed by atoms with Gasteiger partial charge in [-0.3, -0.25) is 4.57 Å². The number of carbonyl (C=O) groups excluding carboxylic acids is 1. The number of likely N-dealkylation sites (tertiary alicyclic amines) is 1. The Bertz CT molecular complexity index is 1930. The Balaban J connectivity index is 0.904. The molecule has 4 bridgehead atoms. The topological polar surface area (TPSA) is 121 Å². The molecular weight excluding hydrogens is 654 g/mol. The van der Waals surface area contributed by atoms with Crippen LogP contribution in [-0.2, 0) is 16.1 Å². The first-order chi connectivity index (χ1) is 25.3. The molecule has 6 aliphatic rings. The molecule has 4 aliphatic carbocycles. The number of ether oxygens (including phenoxy) is 2. The first-order valence-electron chi connectivity index (χ1n) is 19.4. The van der Waals surface area contributed by atoms with Gasteiger partial charge < -0.3 is 35.1 Å². The number of urea groups is 1. The van der Waals surface area contributed by atoms with Crippen LogP contribution < -0.4 is 16.3 Å². The van der Waals surface area contributed by atoms with Gasteiger partial charge in [0.05, 0.1) is 29.8 Å². The number of carbonyl (C=O) groups is 1. The number of rotatable bonds is 8. The van der Waals surface area contributed by atoms with Crippen LogP contribution in [0, 0.1) is 23.7 Å². The second kappa shape index (κ2) is 13.8. The number of hydrogen-bond acceptors (Lipinski definition) is 6. The molecule has 10 heteroatoms. The molecule has 10 nitrogen and oxygen atoms in total. The minimum absolute atomic E-state index is 0.00736. The smallest absolute Gasteiger partial charge is 0.326 e. The van der Waals surface area contributed by atoms with Gasteiger partial charge >= 0.3 is 11.7 Å². The molecular formula is C42H51N5O5. The van der Waals surface area contributed by atoms with Crippen LogP contribution in [0.3, 0.4) is 0 Å². The fourth-order valence-electron chi connectivity index (χ4n) is 10.8. The summed E-state index contributed by atoms with van der Waals surface area (Å²) in [5.41, 5.74) is 5.23. The van der Waals surface area contributed by atoms with Crippen molar-refractivity contribution in [3.8, 4) is 0 Å². The Morgan fingerprint density at radius 3 is 2.33 bits per heavy atom. The lowest BCUT2D eigenvalue weighted by Crippen LogP contribution is -2.60. The maximum Gasteiger partial charge on any atom is 0.326 e. The monoisotopic (exact) mass is 705 g/mol. The van der Waals surface area contributed by atoms with Gasteiger partial charge in [-0.15, -0.1) is 0 Å². The van der Waals surface area contributed by atoms with Gasteiger partial charge in [-0.05, 0) is 105 Å². The summed E-state index contributed by atoms with van der Waals surface area (Å²) in [4.78, 5) is 31.8. The highest BCUT2D eigenvalue weighted by Gasteiger charge is 2.51. The van der Waals surface area contributed by atoms with Crippen LogP contribution in [0.25, 0.3) is 11.0 Å². The van der Waals surface area contributed by atoms with Crippen molar-refractivity contribution in [1.29, 1.82) is 0 Å². The van der Waals surface area contributed by atoms with E-state index in [2.05, 4.69) is 27.4 Å². The molecule has 6 fully saturated rings. The Labute approximate surface area is 304 Å². The molecule has 2 saturated heterocycles. The van der Waals surface area contributed by atoms with E-state index in [0.29, 0.717) is 0 Å². The molecule has 4 saturated carbocycles. The van der Waals surface area contributed by atoms with Crippen molar-refractivity contribution in [2.24, 2.45) is 23.7 Å². The van der Waals surface area contributed by atoms with Crippen LogP contribution in [0.4, 0.5) is 10.5 Å². The number of amides is 2. The number of imidazole rings is 1. The van der Waals surface area contributed by atoms with Crippen molar-refractivity contribution in [3.63, 3.8) is 0 Å². The van der Waals surface area contributed by atoms with E-state index in [-0.39, 0.29) is 48.0 Å². The minimum Gasteiger partial charge on any atom is -0.392 e. The van der Waals surface area contributed by atoms with Crippen molar-refractivity contribution < 1.29 is 19.4 Å². The summed E-state index contributed by atoms with van der Waals surface area (Å²) in [6.07, 6.45) is 8.12. The van der Waals surface area contributed by atoms with Gasteiger partial charge in [0.25, 0.3) is 0 Å². The van der Waals surface area contributed by atoms with Crippen LogP contribution in [0.2, 0.25) is 0 Å². The molecule has 52 heavy (non-hydrogen) atoms. The molecule has 2 amide bonds. The number of H-pyrrole nitrogens is 1. The van der Waals surface area contributed by atoms with Crippen molar-refractivity contribution in [2.45, 2.75) is 95.0 Å². The molecule has 3 aromatic carbocycles. The lowest BCUT2D eigenvalue weighted by Gasteiger charge is -2.56. The minimum atomic E-state index is -0.626. The van der Waals surface area contributed by atoms with E-state index in [4.69, 9.17) is 9.47 Å². The van der Waals surface area contributed by atoms with Crippen LogP contribution >= 0.6 is 0 Å². The summed E-state index contributed by atoms with van der Waals surface area (Å²) >= 11 is 0. The highest BCUT2D eigenvalue weighted by molar-refractivity contribution is 5.90. The molecule has 0 radical (unpaired) electrons. The average molecular weight is 706 g/mol. The van der Waals surface area contributed by atoms with Crippen LogP contribution in [0.15, 0.2) is 77.6 Å². The Morgan fingerprint density at radius 2 is 1.62 bits per heavy atom. The SMILES string of the molecule is C[C@H]1[C@@H](CN2CCC(n3c(=O)[nH]c4ccccc43)CC2)O[C@@H](c2cccc(NC(=O)NC34CC5CC(CC(C5)C3)C4)c2)O[C@H]1c1ccc(CO)cc1. The predicted octanol–water partition coefficient (Wildman–Crippen LogP) is 7.04. The Hall–Kier alpha value is -3.96. The fourth-order valence-corrected chi connectivity index (χ4v) is 10.8. The zero-order valence-corrected chi connectivity index (χ0v) is 30.0. The summed E-state index contributed by atoms with van der Waals surface area (Å²) in [5.74, 6) is 2.33. The quantitative estimate of drug-likeness (QED) is 0.156. The first kappa shape index (κ1) is 33.8. The summed E-state index contributed by atoms with van der Waals surface area (Å²) in [5, 5.41) is 16.3. The lowest BCUT2D eigenvalue weighted by molar-refractivity contribution is -0.276. The molecule has 0 unspecified atom stereocenters. The number of fused-ring (bicyclic) bond motifs is 1. The number of nitrogens with one attached hydrogen (secondary N) is 3. The van der Waals surface area contributed by atoms with E-state index < -0.39 is 6.29 Å². The number of nitrogens with zero attached hydrogens (tertiary/aromatic N) is 2. The van der Waals surface area contributed by atoms with Gasteiger partial charge in [-0.25, -0.2) is 9.59 Å². The second-order valence-corrected chi connectivity index (χ2v) is 16.6. The van der Waals surface area contributed by atoms with Crippen LogP contribution in [0.5, 0.6) is 0 Å². The van der Waals surface area contributed by atoms with E-state index in [1.165, 1.54) is 19.3 Å². The third kappa shape index (κ3) is 6.59. The molecule has 4 atom stereocenters. The van der Waals surface area contributed by atoms with Gasteiger partial charge in [0.15, 0.2) is 6.29 Å². The molecule has 4 aromatic rings. The zero-order chi connectivity index (χ0) is 35.4. The number of benzene rings is 3. The van der Waals surface area contributed by atoms with Gasteiger partial charge in [-0.2, -0.15) is 0 Å². The highest BCUT2D eigenvalue weighted by Crippen LogP contribution is 2.55. The van der Waals surface area contributed by atoms with E-state index in [1.54, 1.807) is 0 Å². The Morgan fingerprint density at radius 1 is 0.904 bits per heavy atom. The third-order valence-electron chi connectivity index (χ3n) is 12.9. The van der Waals surface area contributed by atoms with E-state index in [0.717, 1.165) is 103 Å². The van der Waals surface area contributed by atoms with E-state index >= 15 is 0 Å². The predicted molar refractivity (Wildman–Crippen MR) is 200 cm³/mol. The van der Waals surface area contributed by atoms with Crippen molar-refractivity contribution in [2.75, 3.05) is 25.0 Å². The number of aliphatic hydroxyl groups is 1. The van der Waals surface area contributed by atoms with Gasteiger partial charge in [0.1, 0.15) is 0 Å². The summed E-state index contributed by atoms with van der Waals surface area (Å²) in [7, 11) is 0. The zero-order valence-electron chi connectivity index (χ0n) is 30.0. The summed E-state index contributed by atoms with van der Waals surface area (Å²) in [6, 6.07) is 23.8. The molecule has 2 aliphatic heterocycles. The van der Waals surface area contributed by atoms with Gasteiger partial charge in [-0.1, -0.05) is 55.5 Å². The fraction of sp³-hybridized carbons (Fsp3) is 0.524. The van der Waals surface area contributed by atoms with Crippen LogP contribution in [0.1, 0.15) is 93.4 Å². The largest absolute Gasteiger partial charge is 0.392 e. The number of para-hydroxylation sites is 2. The first-order valence-corrected chi connectivity index (χ1v) is 19.4. The van der Waals surface area contributed by atoms with E-state index in [1.807, 2.05) is 77.4 Å². The molecule has 10 rings (SSSR count). The second-order valence-electron chi connectivity index (χ2n) is 16.6. The highest BCUT2D eigenvalue weighted by atomic mass is 16.7. The molecule has 1 aromatic heterocycles. The molecule has 0 spiro atoms. The third-order valence-corrected chi connectivity index (χ3v) is 12.9. The maximum absolute atomic E-state index is 13.4. The summed E-state index contributed by atoms with van der Waals surface area (Å²) < 4.78 is 15.5. The van der Waals surface area contributed by atoms with E-state index in [9.17, 15) is 14.7 Å². The van der Waals surface area contributed by atoms with Crippen molar-refractivity contribution >= 4 is 22.8 Å². The number of anilines is 1. The van der Waals surface area contributed by atoms with Crippen LogP contribution in [-0.4, -0.2) is 56.9 Å². The van der Waals surface area contributed by atoms with Crippen molar-refractivity contribution in [3.05, 3.63) is 100.0 Å². The number of aromatic amines is 1. The number of aliphatic hydroxyl groups excluding tert-OH is 1. The van der Waals surface area contributed by atoms with Gasteiger partial charge in [0, 0.05) is 48.4 Å². The number of hydrogen-bond donors (Lipinski definition) is 4. The maximum atomic E-state index is 13.4. The summed E-state index contributed by atoms with van der Waals surface area (Å²) in [6.45, 7) is 4.65. The number of aromatic nitrogens is 2. The van der Waals surface area contributed by atoms with Gasteiger partial charge in [0.2, 0.25) is 0 Å². The molecule has 4 N–H and O–H groups in total. The number of piperidine rings is 1. The lowest BCUT2D eigenvalue weighted by atomic mass is 9.53. The molecule has 3 heterocycles. The van der Waals surface area contributed by atoms with Crippen molar-refractivity contribution in [1.82, 2.24) is 19.8 Å². The normalized spacial score (nSPS) is 31.9. The molecule has 274 valence electrons. The Kier molecular flexibility index (Phi) is 8.97. The average Bonchev–Trinajstić information content (AvgIpc) is 3.47.